The van der Waals surface area contributed by atoms with Gasteiger partial charge in [0.25, 0.3) is 10.0 Å². The molecule has 0 spiro atoms. The average molecular weight is 296 g/mol. The van der Waals surface area contributed by atoms with Crippen LogP contribution in [0.5, 0.6) is 0 Å². The first-order valence-corrected chi connectivity index (χ1v) is 7.62. The Morgan fingerprint density at radius 1 is 1.50 bits per heavy atom. The summed E-state index contributed by atoms with van der Waals surface area (Å²) in [7, 11) is -2.05. The van der Waals surface area contributed by atoms with Gasteiger partial charge in [0.05, 0.1) is 12.8 Å². The van der Waals surface area contributed by atoms with Gasteiger partial charge in [0.15, 0.2) is 5.03 Å². The Morgan fingerprint density at radius 3 is 2.72 bits per heavy atom. The van der Waals surface area contributed by atoms with Gasteiger partial charge in [0.1, 0.15) is 5.82 Å². The number of hydrogen-bond acceptors (Lipinski definition) is 4. The number of imidazole rings is 1. The standard InChI is InChI=1S/C10H18ClN3O3S/c1-3-9-12-8-10(13-9)18(15,16)14(5-4-11)6-7-17-2/h8H,3-7H2,1-2H3,(H,12,13). The molecule has 6 nitrogen and oxygen atoms in total. The molecule has 0 radical (unpaired) electrons. The van der Waals surface area contributed by atoms with Crippen LogP contribution in [0.1, 0.15) is 12.7 Å². The summed E-state index contributed by atoms with van der Waals surface area (Å²) in [6.07, 6.45) is 1.99. The molecule has 1 heterocycles. The zero-order valence-electron chi connectivity index (χ0n) is 10.5. The minimum absolute atomic E-state index is 0.0977. The summed E-state index contributed by atoms with van der Waals surface area (Å²) in [6, 6.07) is 0. The van der Waals surface area contributed by atoms with E-state index in [1.54, 1.807) is 0 Å². The SMILES string of the molecule is CCc1ncc(S(=O)(=O)N(CCCl)CCOC)[nH]1. The van der Waals surface area contributed by atoms with Gasteiger partial charge in [-0.25, -0.2) is 13.4 Å². The first kappa shape index (κ1) is 15.4. The number of nitrogens with one attached hydrogen (secondary N) is 1. The van der Waals surface area contributed by atoms with Crippen molar-refractivity contribution in [2.45, 2.75) is 18.4 Å². The molecule has 0 aliphatic carbocycles. The van der Waals surface area contributed by atoms with E-state index in [1.165, 1.54) is 17.6 Å². The van der Waals surface area contributed by atoms with Gasteiger partial charge < -0.3 is 9.72 Å². The molecule has 0 fully saturated rings. The second-order valence-electron chi connectivity index (χ2n) is 3.63. The number of nitrogens with zero attached hydrogens (tertiary/aromatic N) is 2. The van der Waals surface area contributed by atoms with Crippen molar-refractivity contribution >= 4 is 21.6 Å². The Kier molecular flexibility index (Phi) is 6.07. The normalized spacial score (nSPS) is 12.2. The quantitative estimate of drug-likeness (QED) is 0.722. The molecular formula is C10H18ClN3O3S. The number of H-pyrrole nitrogens is 1. The summed E-state index contributed by atoms with van der Waals surface area (Å²) >= 11 is 5.63. The van der Waals surface area contributed by atoms with Gasteiger partial charge in [-0.05, 0) is 0 Å². The van der Waals surface area contributed by atoms with E-state index in [1.807, 2.05) is 6.92 Å². The molecule has 0 atom stereocenters. The molecule has 1 N–H and O–H groups in total. The lowest BCUT2D eigenvalue weighted by atomic mass is 10.5. The van der Waals surface area contributed by atoms with Crippen LogP contribution in [0, 0.1) is 0 Å². The number of aromatic nitrogens is 2. The molecule has 1 rings (SSSR count). The third-order valence-corrected chi connectivity index (χ3v) is 4.41. The smallest absolute Gasteiger partial charge is 0.260 e. The largest absolute Gasteiger partial charge is 0.383 e. The maximum absolute atomic E-state index is 12.3. The van der Waals surface area contributed by atoms with Crippen LogP contribution in [0.2, 0.25) is 0 Å². The summed E-state index contributed by atoms with van der Waals surface area (Å²) < 4.78 is 30.8. The molecule has 104 valence electrons. The van der Waals surface area contributed by atoms with Gasteiger partial charge in [-0.3, -0.25) is 0 Å². The number of ether oxygens (including phenoxy) is 1. The fraction of sp³-hybridized carbons (Fsp3) is 0.700. The maximum Gasteiger partial charge on any atom is 0.260 e. The second-order valence-corrected chi connectivity index (χ2v) is 5.92. The fourth-order valence-corrected chi connectivity index (χ4v) is 3.09. The third-order valence-electron chi connectivity index (χ3n) is 2.44. The number of methoxy groups -OCH3 is 1. The van der Waals surface area contributed by atoms with Gasteiger partial charge in [0, 0.05) is 32.5 Å². The van der Waals surface area contributed by atoms with E-state index >= 15 is 0 Å². The van der Waals surface area contributed by atoms with E-state index in [2.05, 4.69) is 9.97 Å². The van der Waals surface area contributed by atoms with E-state index in [0.717, 1.165) is 0 Å². The van der Waals surface area contributed by atoms with Crippen molar-refractivity contribution in [1.29, 1.82) is 0 Å². The molecule has 0 unspecified atom stereocenters. The number of alkyl halides is 1. The summed E-state index contributed by atoms with van der Waals surface area (Å²) in [5, 5.41) is 0.0977. The lowest BCUT2D eigenvalue weighted by Gasteiger charge is -2.19. The monoisotopic (exact) mass is 295 g/mol. The summed E-state index contributed by atoms with van der Waals surface area (Å²) in [5.41, 5.74) is 0. The first-order valence-electron chi connectivity index (χ1n) is 5.65. The molecule has 0 saturated heterocycles. The number of rotatable bonds is 8. The van der Waals surface area contributed by atoms with Crippen LogP contribution >= 0.6 is 11.6 Å². The number of hydrogen-bond donors (Lipinski definition) is 1. The van der Waals surface area contributed by atoms with Crippen LogP contribution in [0.15, 0.2) is 11.2 Å². The molecule has 0 bridgehead atoms. The van der Waals surface area contributed by atoms with Crippen molar-refractivity contribution in [3.8, 4) is 0 Å². The van der Waals surface area contributed by atoms with E-state index < -0.39 is 10.0 Å². The van der Waals surface area contributed by atoms with Gasteiger partial charge in [-0.2, -0.15) is 4.31 Å². The fourth-order valence-electron chi connectivity index (χ4n) is 1.43. The summed E-state index contributed by atoms with van der Waals surface area (Å²) in [5.74, 6) is 0.878. The van der Waals surface area contributed by atoms with Crippen LogP contribution in [0.4, 0.5) is 0 Å². The van der Waals surface area contributed by atoms with Crippen LogP contribution in [0.25, 0.3) is 0 Å². The van der Waals surface area contributed by atoms with Crippen LogP contribution in [0.3, 0.4) is 0 Å². The number of aromatic amines is 1. The first-order chi connectivity index (χ1) is 8.56. The highest BCUT2D eigenvalue weighted by molar-refractivity contribution is 7.89. The molecule has 1 aromatic heterocycles. The highest BCUT2D eigenvalue weighted by Crippen LogP contribution is 2.13. The molecule has 0 aliphatic heterocycles. The number of aryl methyl sites for hydroxylation is 1. The highest BCUT2D eigenvalue weighted by Gasteiger charge is 2.25. The zero-order chi connectivity index (χ0) is 13.6. The Bertz CT molecular complexity index is 461. The summed E-state index contributed by atoms with van der Waals surface area (Å²) in [4.78, 5) is 6.79. The van der Waals surface area contributed by atoms with Gasteiger partial charge in [-0.15, -0.1) is 11.6 Å². The van der Waals surface area contributed by atoms with Gasteiger partial charge >= 0.3 is 0 Å². The third kappa shape index (κ3) is 3.68. The average Bonchev–Trinajstić information content (AvgIpc) is 2.83. The van der Waals surface area contributed by atoms with E-state index in [-0.39, 0.29) is 24.0 Å². The second kappa shape index (κ2) is 7.08. The topological polar surface area (TPSA) is 75.3 Å². The Morgan fingerprint density at radius 2 is 2.22 bits per heavy atom. The van der Waals surface area contributed by atoms with E-state index in [9.17, 15) is 8.42 Å². The lowest BCUT2D eigenvalue weighted by molar-refractivity contribution is 0.180. The molecule has 0 saturated carbocycles. The predicted molar refractivity (Wildman–Crippen MR) is 69.3 cm³/mol. The highest BCUT2D eigenvalue weighted by atomic mass is 35.5. The number of halogens is 1. The minimum Gasteiger partial charge on any atom is -0.383 e. The lowest BCUT2D eigenvalue weighted by Crippen LogP contribution is -2.35. The van der Waals surface area contributed by atoms with Crippen molar-refractivity contribution in [2.75, 3.05) is 32.7 Å². The van der Waals surface area contributed by atoms with Crippen LogP contribution < -0.4 is 0 Å². The zero-order valence-corrected chi connectivity index (χ0v) is 12.1. The molecule has 1 aromatic rings. The van der Waals surface area contributed by atoms with Crippen molar-refractivity contribution in [2.24, 2.45) is 0 Å². The molecule has 0 aromatic carbocycles. The van der Waals surface area contributed by atoms with Crippen LogP contribution in [-0.4, -0.2) is 55.4 Å². The molecule has 0 amide bonds. The van der Waals surface area contributed by atoms with Crippen molar-refractivity contribution in [1.82, 2.24) is 14.3 Å². The molecule has 0 aliphatic rings. The van der Waals surface area contributed by atoms with Crippen molar-refractivity contribution in [3.63, 3.8) is 0 Å². The van der Waals surface area contributed by atoms with Crippen molar-refractivity contribution < 1.29 is 13.2 Å². The Labute approximate surface area is 112 Å². The van der Waals surface area contributed by atoms with Crippen LogP contribution in [-0.2, 0) is 21.2 Å². The Balaban J connectivity index is 2.92. The van der Waals surface area contributed by atoms with E-state index in [4.69, 9.17) is 16.3 Å². The summed E-state index contributed by atoms with van der Waals surface area (Å²) in [6.45, 7) is 2.74. The van der Waals surface area contributed by atoms with E-state index in [0.29, 0.717) is 18.9 Å². The minimum atomic E-state index is -3.57. The maximum atomic E-state index is 12.3. The van der Waals surface area contributed by atoms with Gasteiger partial charge in [0.2, 0.25) is 0 Å². The molecule has 8 heteroatoms. The van der Waals surface area contributed by atoms with Crippen molar-refractivity contribution in [3.05, 3.63) is 12.0 Å². The Hall–Kier alpha value is -0.630. The number of sulfonamides is 1. The van der Waals surface area contributed by atoms with Gasteiger partial charge in [-0.1, -0.05) is 6.92 Å². The predicted octanol–water partition coefficient (Wildman–Crippen LogP) is 0.848. The molecular weight excluding hydrogens is 278 g/mol. The molecule has 18 heavy (non-hydrogen) atoms.